The zero-order chi connectivity index (χ0) is 13.8. The molecule has 0 bridgehead atoms. The number of hydrogen-bond acceptors (Lipinski definition) is 3. The first-order valence-electron chi connectivity index (χ1n) is 5.78. The van der Waals surface area contributed by atoms with Crippen LogP contribution >= 0.6 is 0 Å². The summed E-state index contributed by atoms with van der Waals surface area (Å²) in [6, 6.07) is 11.7. The van der Waals surface area contributed by atoms with Gasteiger partial charge in [0.15, 0.2) is 0 Å². The maximum absolute atomic E-state index is 10.9. The third-order valence-corrected chi connectivity index (χ3v) is 2.86. The molecule has 0 fully saturated rings. The Hall–Kier alpha value is -2.49. The molecule has 2 rings (SSSR count). The molecule has 19 heavy (non-hydrogen) atoms. The summed E-state index contributed by atoms with van der Waals surface area (Å²) in [6.45, 7) is 0. The largest absolute Gasteiger partial charge is 0.508 e. The van der Waals surface area contributed by atoms with E-state index in [0.29, 0.717) is 12.2 Å². The van der Waals surface area contributed by atoms with Crippen LogP contribution in [0.5, 0.6) is 11.5 Å². The molecule has 2 aromatic rings. The number of phenols is 1. The lowest BCUT2D eigenvalue weighted by Gasteiger charge is -2.09. The van der Waals surface area contributed by atoms with Crippen LogP contribution in [-0.2, 0) is 6.42 Å². The Balaban J connectivity index is 2.29. The number of benzene rings is 2. The van der Waals surface area contributed by atoms with Gasteiger partial charge in [0, 0.05) is 6.42 Å². The van der Waals surface area contributed by atoms with Gasteiger partial charge in [-0.05, 0) is 35.4 Å². The second-order valence-electron chi connectivity index (χ2n) is 4.18. The molecule has 4 nitrogen and oxygen atoms in total. The summed E-state index contributed by atoms with van der Waals surface area (Å²) < 4.78 is 5.22. The maximum Gasteiger partial charge on any atom is 0.335 e. The fourth-order valence-corrected chi connectivity index (χ4v) is 1.86. The first-order chi connectivity index (χ1) is 9.10. The van der Waals surface area contributed by atoms with Crippen LogP contribution in [0, 0.1) is 0 Å². The highest BCUT2D eigenvalue weighted by Crippen LogP contribution is 2.24. The third-order valence-electron chi connectivity index (χ3n) is 2.86. The van der Waals surface area contributed by atoms with Crippen molar-refractivity contribution in [3.05, 3.63) is 59.2 Å². The molecule has 4 heteroatoms. The number of hydrogen-bond donors (Lipinski definition) is 2. The molecule has 0 spiro atoms. The van der Waals surface area contributed by atoms with Crippen molar-refractivity contribution in [2.24, 2.45) is 0 Å². The van der Waals surface area contributed by atoms with Gasteiger partial charge in [0.1, 0.15) is 11.5 Å². The van der Waals surface area contributed by atoms with Gasteiger partial charge in [-0.3, -0.25) is 0 Å². The van der Waals surface area contributed by atoms with E-state index in [4.69, 9.17) is 9.84 Å². The molecule has 0 unspecified atom stereocenters. The minimum atomic E-state index is -0.977. The second kappa shape index (κ2) is 5.44. The summed E-state index contributed by atoms with van der Waals surface area (Å²) in [6.07, 6.45) is 0.614. The van der Waals surface area contributed by atoms with E-state index < -0.39 is 5.97 Å². The Morgan fingerprint density at radius 1 is 1.16 bits per heavy atom. The lowest BCUT2D eigenvalue weighted by Crippen LogP contribution is -2.00. The van der Waals surface area contributed by atoms with E-state index in [1.807, 2.05) is 12.1 Å². The van der Waals surface area contributed by atoms with Crippen molar-refractivity contribution in [2.75, 3.05) is 7.11 Å². The summed E-state index contributed by atoms with van der Waals surface area (Å²) in [7, 11) is 1.52. The maximum atomic E-state index is 10.9. The highest BCUT2D eigenvalue weighted by Gasteiger charge is 2.09. The summed E-state index contributed by atoms with van der Waals surface area (Å²) in [4.78, 5) is 10.9. The smallest absolute Gasteiger partial charge is 0.335 e. The number of aromatic carboxylic acids is 1. The van der Waals surface area contributed by atoms with Crippen LogP contribution in [0.4, 0.5) is 0 Å². The van der Waals surface area contributed by atoms with E-state index in [9.17, 15) is 9.90 Å². The predicted octanol–water partition coefficient (Wildman–Crippen LogP) is 2.69. The Bertz CT molecular complexity index is 588. The van der Waals surface area contributed by atoms with E-state index in [0.717, 1.165) is 11.1 Å². The SMILES string of the molecule is COc1cc(C(=O)O)ccc1Cc1ccc(O)cc1. The van der Waals surface area contributed by atoms with Gasteiger partial charge in [-0.1, -0.05) is 18.2 Å². The minimum absolute atomic E-state index is 0.200. The number of carboxylic acids is 1. The lowest BCUT2D eigenvalue weighted by atomic mass is 10.0. The van der Waals surface area contributed by atoms with Gasteiger partial charge < -0.3 is 14.9 Å². The normalized spacial score (nSPS) is 10.2. The molecule has 0 radical (unpaired) electrons. The summed E-state index contributed by atoms with van der Waals surface area (Å²) in [5.41, 5.74) is 2.11. The molecule has 98 valence electrons. The molecular formula is C15H14O4. The van der Waals surface area contributed by atoms with Crippen LogP contribution in [0.25, 0.3) is 0 Å². The lowest BCUT2D eigenvalue weighted by molar-refractivity contribution is 0.0696. The fraction of sp³-hybridized carbons (Fsp3) is 0.133. The average Bonchev–Trinajstić information content (AvgIpc) is 2.41. The molecule has 2 N–H and O–H groups in total. The number of phenolic OH excluding ortho intramolecular Hbond substituents is 1. The van der Waals surface area contributed by atoms with Gasteiger partial charge in [-0.15, -0.1) is 0 Å². The van der Waals surface area contributed by atoms with Crippen molar-refractivity contribution in [3.63, 3.8) is 0 Å². The first-order valence-corrected chi connectivity index (χ1v) is 5.78. The Kier molecular flexibility index (Phi) is 3.71. The standard InChI is InChI=1S/C15H14O4/c1-19-14-9-12(15(17)18)5-4-11(14)8-10-2-6-13(16)7-3-10/h2-7,9,16H,8H2,1H3,(H,17,18). The Morgan fingerprint density at radius 2 is 1.84 bits per heavy atom. The van der Waals surface area contributed by atoms with Crippen molar-refractivity contribution in [3.8, 4) is 11.5 Å². The minimum Gasteiger partial charge on any atom is -0.508 e. The molecular weight excluding hydrogens is 244 g/mol. The monoisotopic (exact) mass is 258 g/mol. The van der Waals surface area contributed by atoms with E-state index in [-0.39, 0.29) is 11.3 Å². The molecule has 0 aliphatic rings. The number of aromatic hydroxyl groups is 1. The molecule has 0 aromatic heterocycles. The number of carbonyl (C=O) groups is 1. The zero-order valence-electron chi connectivity index (χ0n) is 10.5. The first kappa shape index (κ1) is 13.0. The van der Waals surface area contributed by atoms with Gasteiger partial charge in [-0.2, -0.15) is 0 Å². The molecule has 2 aromatic carbocycles. The van der Waals surface area contributed by atoms with Crippen molar-refractivity contribution in [1.82, 2.24) is 0 Å². The quantitative estimate of drug-likeness (QED) is 0.884. The summed E-state index contributed by atoms with van der Waals surface area (Å²) in [5.74, 6) is -0.209. The molecule has 0 amide bonds. The van der Waals surface area contributed by atoms with Crippen molar-refractivity contribution in [1.29, 1.82) is 0 Å². The van der Waals surface area contributed by atoms with Gasteiger partial charge in [0.25, 0.3) is 0 Å². The van der Waals surface area contributed by atoms with E-state index in [1.54, 1.807) is 24.3 Å². The second-order valence-corrected chi connectivity index (χ2v) is 4.18. The molecule has 0 saturated carbocycles. The van der Waals surface area contributed by atoms with E-state index >= 15 is 0 Å². The predicted molar refractivity (Wildman–Crippen MR) is 70.9 cm³/mol. The van der Waals surface area contributed by atoms with Crippen LogP contribution in [0.1, 0.15) is 21.5 Å². The molecule has 0 aliphatic carbocycles. The number of rotatable bonds is 4. The van der Waals surface area contributed by atoms with Gasteiger partial charge in [-0.25, -0.2) is 4.79 Å². The average molecular weight is 258 g/mol. The van der Waals surface area contributed by atoms with E-state index in [1.165, 1.54) is 13.2 Å². The van der Waals surface area contributed by atoms with Gasteiger partial charge >= 0.3 is 5.97 Å². The van der Waals surface area contributed by atoms with Crippen LogP contribution in [-0.4, -0.2) is 23.3 Å². The molecule has 0 saturated heterocycles. The van der Waals surface area contributed by atoms with Crippen molar-refractivity contribution >= 4 is 5.97 Å². The van der Waals surface area contributed by atoms with Crippen LogP contribution in [0.3, 0.4) is 0 Å². The Labute approximate surface area is 110 Å². The van der Waals surface area contributed by atoms with Gasteiger partial charge in [0.05, 0.1) is 12.7 Å². The van der Waals surface area contributed by atoms with E-state index in [2.05, 4.69) is 0 Å². The topological polar surface area (TPSA) is 66.8 Å². The molecule has 0 heterocycles. The number of methoxy groups -OCH3 is 1. The third kappa shape index (κ3) is 3.04. The highest BCUT2D eigenvalue weighted by molar-refractivity contribution is 5.88. The number of carboxylic acid groups (broad SMARTS) is 1. The zero-order valence-corrected chi connectivity index (χ0v) is 10.5. The number of ether oxygens (including phenoxy) is 1. The van der Waals surface area contributed by atoms with Crippen LogP contribution in [0.2, 0.25) is 0 Å². The van der Waals surface area contributed by atoms with Crippen LogP contribution in [0.15, 0.2) is 42.5 Å². The molecule has 0 aliphatic heterocycles. The Morgan fingerprint density at radius 3 is 2.42 bits per heavy atom. The van der Waals surface area contributed by atoms with Crippen molar-refractivity contribution in [2.45, 2.75) is 6.42 Å². The van der Waals surface area contributed by atoms with Crippen LogP contribution < -0.4 is 4.74 Å². The summed E-state index contributed by atoms with van der Waals surface area (Å²) >= 11 is 0. The fourth-order valence-electron chi connectivity index (χ4n) is 1.86. The van der Waals surface area contributed by atoms with Gasteiger partial charge in [0.2, 0.25) is 0 Å². The highest BCUT2D eigenvalue weighted by atomic mass is 16.5. The summed E-state index contributed by atoms with van der Waals surface area (Å²) in [5, 5.41) is 18.2. The van der Waals surface area contributed by atoms with Crippen molar-refractivity contribution < 1.29 is 19.7 Å². The molecule has 0 atom stereocenters.